The molecule has 176 valence electrons. The van der Waals surface area contributed by atoms with Crippen molar-refractivity contribution >= 4 is 10.1 Å². The van der Waals surface area contributed by atoms with E-state index in [1.807, 2.05) is 6.92 Å². The van der Waals surface area contributed by atoms with Crippen LogP contribution < -0.4 is 29.6 Å². The van der Waals surface area contributed by atoms with Crippen molar-refractivity contribution in [3.8, 4) is 0 Å². The molecule has 0 fully saturated rings. The van der Waals surface area contributed by atoms with Gasteiger partial charge in [0, 0.05) is 5.25 Å². The summed E-state index contributed by atoms with van der Waals surface area (Å²) < 4.78 is 33.9. The number of hydrogen-bond acceptors (Lipinski definition) is 4. The van der Waals surface area contributed by atoms with Gasteiger partial charge in [-0.2, -0.15) is 0 Å². The predicted octanol–water partition coefficient (Wildman–Crippen LogP) is 4.11. The van der Waals surface area contributed by atoms with E-state index in [1.165, 1.54) is 57.8 Å². The molecular formula is C24H49NaO4S. The zero-order valence-electron chi connectivity index (χ0n) is 20.4. The van der Waals surface area contributed by atoms with Crippen LogP contribution in [0, 0.1) is 0 Å². The standard InChI is InChI=1S/C24H50O4S.Na/c1-3-5-7-8-9-10-11-12-13-16-19-23(25)20-17-14-15-18-22-24(21-6-4-2)29(26,27)28;/h23-25H,3-22H2,1-2H3,(H,26,27,28);/q;+1/p-1. The fourth-order valence-corrected chi connectivity index (χ4v) is 4.89. The SMILES string of the molecule is CCCCCCCCCCCCC(O)CCCCCCC(CCCC)S(=O)(=O)[O-].[Na+]. The molecule has 0 radical (unpaired) electrons. The molecule has 0 bridgehead atoms. The predicted molar refractivity (Wildman–Crippen MR) is 123 cm³/mol. The molecule has 0 saturated heterocycles. The monoisotopic (exact) mass is 456 g/mol. The molecule has 6 heteroatoms. The second-order valence-electron chi connectivity index (χ2n) is 8.87. The normalized spacial score (nSPS) is 13.7. The van der Waals surface area contributed by atoms with Crippen molar-refractivity contribution in [1.82, 2.24) is 0 Å². The van der Waals surface area contributed by atoms with Crippen molar-refractivity contribution in [2.24, 2.45) is 0 Å². The fraction of sp³-hybridized carbons (Fsp3) is 1.00. The molecule has 0 aromatic rings. The van der Waals surface area contributed by atoms with E-state index in [2.05, 4.69) is 6.92 Å². The summed E-state index contributed by atoms with van der Waals surface area (Å²) in [4.78, 5) is 0. The summed E-state index contributed by atoms with van der Waals surface area (Å²) in [7, 11) is -4.16. The van der Waals surface area contributed by atoms with Crippen molar-refractivity contribution in [3.63, 3.8) is 0 Å². The van der Waals surface area contributed by atoms with E-state index in [-0.39, 0.29) is 35.7 Å². The maximum atomic E-state index is 11.3. The van der Waals surface area contributed by atoms with E-state index in [0.29, 0.717) is 12.8 Å². The van der Waals surface area contributed by atoms with Gasteiger partial charge in [0.1, 0.15) is 0 Å². The first-order valence-corrected chi connectivity index (χ1v) is 14.0. The van der Waals surface area contributed by atoms with Crippen molar-refractivity contribution in [3.05, 3.63) is 0 Å². The van der Waals surface area contributed by atoms with Crippen LogP contribution in [0.4, 0.5) is 0 Å². The van der Waals surface area contributed by atoms with Crippen LogP contribution in [0.3, 0.4) is 0 Å². The van der Waals surface area contributed by atoms with E-state index in [1.54, 1.807) is 0 Å². The second-order valence-corrected chi connectivity index (χ2v) is 10.5. The third kappa shape index (κ3) is 22.1. The van der Waals surface area contributed by atoms with Crippen LogP contribution in [-0.2, 0) is 10.1 Å². The Kier molecular flexibility index (Phi) is 25.4. The minimum Gasteiger partial charge on any atom is -0.748 e. The Morgan fingerprint density at radius 3 is 1.33 bits per heavy atom. The number of hydrogen-bond donors (Lipinski definition) is 1. The van der Waals surface area contributed by atoms with Gasteiger partial charge in [-0.1, -0.05) is 117 Å². The van der Waals surface area contributed by atoms with Gasteiger partial charge < -0.3 is 9.66 Å². The summed E-state index contributed by atoms with van der Waals surface area (Å²) in [5.74, 6) is 0. The number of unbranched alkanes of at least 4 members (excludes halogenated alkanes) is 13. The molecule has 0 amide bonds. The van der Waals surface area contributed by atoms with E-state index >= 15 is 0 Å². The van der Waals surface area contributed by atoms with Gasteiger partial charge in [-0.25, -0.2) is 8.42 Å². The molecule has 0 aliphatic rings. The van der Waals surface area contributed by atoms with E-state index in [4.69, 9.17) is 0 Å². The van der Waals surface area contributed by atoms with Gasteiger partial charge in [-0.15, -0.1) is 0 Å². The summed E-state index contributed by atoms with van der Waals surface area (Å²) in [5, 5.41) is 9.40. The van der Waals surface area contributed by atoms with Crippen LogP contribution in [0.2, 0.25) is 0 Å². The van der Waals surface area contributed by atoms with Gasteiger partial charge >= 0.3 is 29.6 Å². The van der Waals surface area contributed by atoms with Gasteiger partial charge in [0.15, 0.2) is 0 Å². The summed E-state index contributed by atoms with van der Waals surface area (Å²) in [6, 6.07) is 0. The molecule has 0 saturated carbocycles. The van der Waals surface area contributed by atoms with Gasteiger partial charge in [0.05, 0.1) is 16.2 Å². The topological polar surface area (TPSA) is 77.4 Å². The number of aliphatic hydroxyl groups is 1. The summed E-state index contributed by atoms with van der Waals surface area (Å²) in [5.41, 5.74) is 0. The van der Waals surface area contributed by atoms with Crippen LogP contribution in [0.1, 0.15) is 142 Å². The van der Waals surface area contributed by atoms with Gasteiger partial charge in [0.2, 0.25) is 0 Å². The first kappa shape index (κ1) is 33.0. The quantitative estimate of drug-likeness (QED) is 0.151. The van der Waals surface area contributed by atoms with Crippen molar-refractivity contribution in [2.45, 2.75) is 154 Å². The Morgan fingerprint density at radius 1 is 0.600 bits per heavy atom. The zero-order valence-corrected chi connectivity index (χ0v) is 23.2. The molecule has 0 aliphatic carbocycles. The zero-order chi connectivity index (χ0) is 21.8. The largest absolute Gasteiger partial charge is 1.00 e. The molecule has 0 aromatic heterocycles. The molecular weight excluding hydrogens is 407 g/mol. The van der Waals surface area contributed by atoms with E-state index < -0.39 is 15.4 Å². The van der Waals surface area contributed by atoms with E-state index in [0.717, 1.165) is 57.8 Å². The van der Waals surface area contributed by atoms with Crippen LogP contribution in [-0.4, -0.2) is 29.4 Å². The maximum Gasteiger partial charge on any atom is 1.00 e. The first-order chi connectivity index (χ1) is 13.9. The Balaban J connectivity index is 0. The van der Waals surface area contributed by atoms with Gasteiger partial charge in [-0.3, -0.25) is 0 Å². The Labute approximate surface area is 210 Å². The third-order valence-corrected chi connectivity index (χ3v) is 7.28. The molecule has 0 heterocycles. The van der Waals surface area contributed by atoms with Crippen molar-refractivity contribution < 1.29 is 47.6 Å². The second kappa shape index (κ2) is 23.0. The average Bonchev–Trinajstić information content (AvgIpc) is 2.67. The summed E-state index contributed by atoms with van der Waals surface area (Å²) in [6.07, 6.45) is 21.2. The third-order valence-electron chi connectivity index (χ3n) is 5.99. The van der Waals surface area contributed by atoms with E-state index in [9.17, 15) is 18.1 Å². The Bertz CT molecular complexity index is 442. The molecule has 2 unspecified atom stereocenters. The smallest absolute Gasteiger partial charge is 0.748 e. The van der Waals surface area contributed by atoms with Crippen LogP contribution in [0.25, 0.3) is 0 Å². The fourth-order valence-electron chi connectivity index (χ4n) is 3.98. The molecule has 1 N–H and O–H groups in total. The molecule has 0 rings (SSSR count). The van der Waals surface area contributed by atoms with Crippen molar-refractivity contribution in [2.75, 3.05) is 0 Å². The number of rotatable bonds is 22. The van der Waals surface area contributed by atoms with Gasteiger partial charge in [-0.05, 0) is 25.7 Å². The summed E-state index contributed by atoms with van der Waals surface area (Å²) in [6.45, 7) is 4.26. The minimum absolute atomic E-state index is 0. The van der Waals surface area contributed by atoms with Crippen LogP contribution in [0.5, 0.6) is 0 Å². The maximum absolute atomic E-state index is 11.3. The average molecular weight is 457 g/mol. The van der Waals surface area contributed by atoms with Crippen LogP contribution >= 0.6 is 0 Å². The number of aliphatic hydroxyl groups excluding tert-OH is 1. The minimum atomic E-state index is -4.16. The molecule has 0 aliphatic heterocycles. The molecule has 0 aromatic carbocycles. The Morgan fingerprint density at radius 2 is 0.933 bits per heavy atom. The molecule has 2 atom stereocenters. The molecule has 30 heavy (non-hydrogen) atoms. The first-order valence-electron chi connectivity index (χ1n) is 12.5. The molecule has 0 spiro atoms. The molecule has 4 nitrogen and oxygen atoms in total. The van der Waals surface area contributed by atoms with Gasteiger partial charge in [0.25, 0.3) is 0 Å². The van der Waals surface area contributed by atoms with Crippen LogP contribution in [0.15, 0.2) is 0 Å². The summed E-state index contributed by atoms with van der Waals surface area (Å²) >= 11 is 0. The van der Waals surface area contributed by atoms with Crippen molar-refractivity contribution in [1.29, 1.82) is 0 Å². The Hall–Kier alpha value is 0.870.